The third-order valence-electron chi connectivity index (χ3n) is 5.80. The predicted molar refractivity (Wildman–Crippen MR) is 144 cm³/mol. The number of nitriles is 1. The van der Waals surface area contributed by atoms with Crippen molar-refractivity contribution in [3.8, 4) is 17.2 Å². The van der Waals surface area contributed by atoms with Gasteiger partial charge in [-0.05, 0) is 41.0 Å². The highest BCUT2D eigenvalue weighted by atomic mass is 32.2. The van der Waals surface area contributed by atoms with Crippen LogP contribution in [0.15, 0.2) is 94.7 Å². The normalized spacial score (nSPS) is 11.2. The highest BCUT2D eigenvalue weighted by molar-refractivity contribution is 7.93. The Morgan fingerprint density at radius 1 is 1.03 bits per heavy atom. The van der Waals surface area contributed by atoms with Crippen LogP contribution >= 0.6 is 11.3 Å². The Bertz CT molecular complexity index is 1890. The lowest BCUT2D eigenvalue weighted by Gasteiger charge is -2.13. The van der Waals surface area contributed by atoms with Crippen LogP contribution in [0.2, 0.25) is 0 Å². The van der Waals surface area contributed by atoms with Gasteiger partial charge in [0.1, 0.15) is 15.9 Å². The molecule has 0 aliphatic heterocycles. The number of sulfonamides is 1. The highest BCUT2D eigenvalue weighted by Gasteiger charge is 2.22. The van der Waals surface area contributed by atoms with E-state index in [9.17, 15) is 23.1 Å². The molecule has 0 aliphatic carbocycles. The van der Waals surface area contributed by atoms with Crippen LogP contribution in [0.1, 0.15) is 21.5 Å². The van der Waals surface area contributed by atoms with E-state index in [1.807, 2.05) is 60.7 Å². The van der Waals surface area contributed by atoms with Crippen LogP contribution < -0.4 is 10.2 Å². The van der Waals surface area contributed by atoms with Crippen molar-refractivity contribution in [3.63, 3.8) is 0 Å². The fraction of sp³-hybridized carbons (Fsp3) is 0.0370. The number of nitrogens with zero attached hydrogens (tertiary/aromatic N) is 3. The van der Waals surface area contributed by atoms with Crippen molar-refractivity contribution in [2.45, 2.75) is 11.4 Å². The number of carboxylic acids is 1. The van der Waals surface area contributed by atoms with Gasteiger partial charge < -0.3 is 9.67 Å². The number of benzene rings is 3. The Morgan fingerprint density at radius 3 is 2.39 bits per heavy atom. The maximum atomic E-state index is 12.9. The van der Waals surface area contributed by atoms with Gasteiger partial charge in [-0.15, -0.1) is 0 Å². The third-order valence-corrected chi connectivity index (χ3v) is 8.30. The number of hydrogen-bond donors (Lipinski definition) is 2. The Kier molecular flexibility index (Phi) is 6.50. The highest BCUT2D eigenvalue weighted by Crippen LogP contribution is 2.29. The summed E-state index contributed by atoms with van der Waals surface area (Å²) in [6.45, 7) is 0.214. The van der Waals surface area contributed by atoms with Crippen LogP contribution in [0.25, 0.3) is 21.5 Å². The van der Waals surface area contributed by atoms with Crippen LogP contribution in [-0.4, -0.2) is 29.0 Å². The van der Waals surface area contributed by atoms with E-state index in [0.717, 1.165) is 28.0 Å². The molecule has 2 N–H and O–H groups in total. The summed E-state index contributed by atoms with van der Waals surface area (Å²) >= 11 is 0.925. The van der Waals surface area contributed by atoms with E-state index in [0.29, 0.717) is 10.4 Å². The standard InChI is InChI=1S/C27H18N4O5S2/c28-14-17-10-12-20(13-11-17)38(35,36)30-27-29-23-24(32)22(26(33)34)16-31(25(23)37-27)15-19-8-4-5-9-21(19)18-6-2-1-3-7-18/h1-13,16H,15H2,(H,29,30)(H,33,34). The molecule has 2 aromatic heterocycles. The fourth-order valence-electron chi connectivity index (χ4n) is 3.99. The molecule has 9 nitrogen and oxygen atoms in total. The second kappa shape index (κ2) is 9.93. The molecular formula is C27H18N4O5S2. The molecule has 0 saturated carbocycles. The average molecular weight is 543 g/mol. The summed E-state index contributed by atoms with van der Waals surface area (Å²) in [5, 5.41) is 18.5. The van der Waals surface area contributed by atoms with Crippen molar-refractivity contribution in [1.29, 1.82) is 5.26 Å². The van der Waals surface area contributed by atoms with Crippen molar-refractivity contribution < 1.29 is 18.3 Å². The van der Waals surface area contributed by atoms with Gasteiger partial charge in [0.2, 0.25) is 5.43 Å². The molecule has 5 rings (SSSR count). The molecule has 0 bridgehead atoms. The molecule has 0 unspecified atom stereocenters. The van der Waals surface area contributed by atoms with E-state index in [4.69, 9.17) is 5.26 Å². The van der Waals surface area contributed by atoms with Gasteiger partial charge in [-0.1, -0.05) is 65.9 Å². The molecule has 0 amide bonds. The monoisotopic (exact) mass is 542 g/mol. The van der Waals surface area contributed by atoms with Gasteiger partial charge in [0.15, 0.2) is 5.13 Å². The molecule has 188 valence electrons. The van der Waals surface area contributed by atoms with Gasteiger partial charge in [-0.2, -0.15) is 5.26 Å². The number of rotatable bonds is 7. The van der Waals surface area contributed by atoms with E-state index in [-0.39, 0.29) is 22.1 Å². The second-order valence-corrected chi connectivity index (χ2v) is 10.9. The molecule has 0 fully saturated rings. The molecule has 0 aliphatic rings. The minimum atomic E-state index is -4.08. The number of thiazole rings is 1. The summed E-state index contributed by atoms with van der Waals surface area (Å²) in [5.74, 6) is -1.41. The Morgan fingerprint density at radius 2 is 1.71 bits per heavy atom. The fourth-order valence-corrected chi connectivity index (χ4v) is 6.17. The lowest BCUT2D eigenvalue weighted by atomic mass is 9.99. The lowest BCUT2D eigenvalue weighted by Crippen LogP contribution is -2.19. The first-order valence-corrected chi connectivity index (χ1v) is 13.5. The summed E-state index contributed by atoms with van der Waals surface area (Å²) in [4.78, 5) is 29.2. The van der Waals surface area contributed by atoms with E-state index < -0.39 is 27.0 Å². The summed E-state index contributed by atoms with van der Waals surface area (Å²) in [7, 11) is -4.08. The number of anilines is 1. The van der Waals surface area contributed by atoms with Gasteiger partial charge in [0.05, 0.1) is 16.5 Å². The van der Waals surface area contributed by atoms with E-state index in [1.54, 1.807) is 4.57 Å². The van der Waals surface area contributed by atoms with Gasteiger partial charge in [0.25, 0.3) is 10.0 Å². The molecule has 38 heavy (non-hydrogen) atoms. The number of carboxylic acid groups (broad SMARTS) is 1. The summed E-state index contributed by atoms with van der Waals surface area (Å²) in [5.41, 5.74) is 1.65. The zero-order valence-corrected chi connectivity index (χ0v) is 21.2. The quantitative estimate of drug-likeness (QED) is 0.307. The Hall–Kier alpha value is -4.79. The first kappa shape index (κ1) is 24.9. The number of pyridine rings is 1. The van der Waals surface area contributed by atoms with Crippen LogP contribution in [0, 0.1) is 11.3 Å². The lowest BCUT2D eigenvalue weighted by molar-refractivity contribution is 0.0694. The average Bonchev–Trinajstić information content (AvgIpc) is 3.34. The number of fused-ring (bicyclic) bond motifs is 1. The van der Waals surface area contributed by atoms with Crippen LogP contribution in [-0.2, 0) is 16.6 Å². The molecule has 11 heteroatoms. The number of carbonyl (C=O) groups is 1. The summed E-state index contributed by atoms with van der Waals surface area (Å²) < 4.78 is 29.8. The SMILES string of the molecule is N#Cc1ccc(S(=O)(=O)Nc2nc3c(=O)c(C(=O)O)cn(Cc4ccccc4-c4ccccc4)c3s2)cc1. The molecule has 0 radical (unpaired) electrons. The molecule has 3 aromatic carbocycles. The van der Waals surface area contributed by atoms with Crippen LogP contribution in [0.4, 0.5) is 5.13 Å². The number of nitrogens with one attached hydrogen (secondary N) is 1. The first-order chi connectivity index (χ1) is 18.3. The molecule has 0 atom stereocenters. The number of hydrogen-bond acceptors (Lipinski definition) is 7. The van der Waals surface area contributed by atoms with Crippen LogP contribution in [0.3, 0.4) is 0 Å². The van der Waals surface area contributed by atoms with Gasteiger partial charge >= 0.3 is 5.97 Å². The minimum absolute atomic E-state index is 0.0888. The van der Waals surface area contributed by atoms with E-state index >= 15 is 0 Å². The molecular weight excluding hydrogens is 524 g/mol. The molecule has 0 spiro atoms. The van der Waals surface area contributed by atoms with Crippen molar-refractivity contribution in [1.82, 2.24) is 9.55 Å². The molecule has 2 heterocycles. The van der Waals surface area contributed by atoms with Gasteiger partial charge in [-0.25, -0.2) is 18.2 Å². The molecule has 0 saturated heterocycles. The maximum Gasteiger partial charge on any atom is 0.341 e. The topological polar surface area (TPSA) is 142 Å². The largest absolute Gasteiger partial charge is 0.477 e. The van der Waals surface area contributed by atoms with E-state index in [1.165, 1.54) is 30.5 Å². The van der Waals surface area contributed by atoms with Crippen LogP contribution in [0.5, 0.6) is 0 Å². The van der Waals surface area contributed by atoms with Crippen molar-refractivity contribution in [2.24, 2.45) is 0 Å². The molecule has 5 aromatic rings. The third kappa shape index (κ3) is 4.78. The zero-order valence-electron chi connectivity index (χ0n) is 19.5. The zero-order chi connectivity index (χ0) is 26.9. The van der Waals surface area contributed by atoms with Crippen molar-refractivity contribution >= 4 is 42.8 Å². The van der Waals surface area contributed by atoms with Crippen molar-refractivity contribution in [2.75, 3.05) is 4.72 Å². The smallest absolute Gasteiger partial charge is 0.341 e. The Labute approximate surface area is 220 Å². The summed E-state index contributed by atoms with van der Waals surface area (Å²) in [6.07, 6.45) is 1.26. The van der Waals surface area contributed by atoms with E-state index in [2.05, 4.69) is 9.71 Å². The second-order valence-electron chi connectivity index (χ2n) is 8.24. The van der Waals surface area contributed by atoms with Crippen molar-refractivity contribution in [3.05, 3.63) is 112 Å². The first-order valence-electron chi connectivity index (χ1n) is 11.2. The maximum absolute atomic E-state index is 12.9. The minimum Gasteiger partial charge on any atom is -0.477 e. The summed E-state index contributed by atoms with van der Waals surface area (Å²) in [6, 6.07) is 24.5. The van der Waals surface area contributed by atoms with Gasteiger partial charge in [-0.3, -0.25) is 9.52 Å². The number of aromatic nitrogens is 2. The van der Waals surface area contributed by atoms with Gasteiger partial charge in [0, 0.05) is 12.7 Å². The number of aromatic carboxylic acids is 1. The Balaban J connectivity index is 1.60. The predicted octanol–water partition coefficient (Wildman–Crippen LogP) is 4.54.